The molecule has 1 heterocycles. The molecule has 0 atom stereocenters. The van der Waals surface area contributed by atoms with Crippen LogP contribution in [0.3, 0.4) is 0 Å². The maximum absolute atomic E-state index is 13.2. The topological polar surface area (TPSA) is 99.2 Å². The van der Waals surface area contributed by atoms with Crippen molar-refractivity contribution in [2.75, 3.05) is 23.3 Å². The number of carbonyl (C=O) groups is 2. The highest BCUT2D eigenvalue weighted by atomic mass is 32.1. The molecular weight excluding hydrogens is 391 g/mol. The Morgan fingerprint density at radius 1 is 1.21 bits per heavy atom. The van der Waals surface area contributed by atoms with Gasteiger partial charge >= 0.3 is 0 Å². The second kappa shape index (κ2) is 9.52. The molecule has 1 aliphatic carbocycles. The van der Waals surface area contributed by atoms with Crippen molar-refractivity contribution in [3.8, 4) is 6.07 Å². The highest BCUT2D eigenvalue weighted by molar-refractivity contribution is 7.16. The molecule has 0 unspecified atom stereocenters. The minimum atomic E-state index is -0.480. The fourth-order valence-electron chi connectivity index (χ4n) is 3.49. The molecule has 0 bridgehead atoms. The van der Waals surface area contributed by atoms with Crippen LogP contribution in [0.15, 0.2) is 24.3 Å². The third kappa shape index (κ3) is 5.33. The highest BCUT2D eigenvalue weighted by Gasteiger charge is 2.22. The molecule has 29 heavy (non-hydrogen) atoms. The summed E-state index contributed by atoms with van der Waals surface area (Å²) >= 11 is 1.47. The number of thiophene rings is 1. The number of aryl methyl sites for hydroxylation is 1. The average molecular weight is 415 g/mol. The number of carbonyl (C=O) groups excluding carboxylic acids is 2. The summed E-state index contributed by atoms with van der Waals surface area (Å²) in [6, 6.07) is 7.95. The number of rotatable bonds is 7. The Morgan fingerprint density at radius 3 is 2.62 bits per heavy atom. The summed E-state index contributed by atoms with van der Waals surface area (Å²) in [7, 11) is 0. The van der Waals surface area contributed by atoms with Crippen LogP contribution < -0.4 is 16.0 Å². The first-order chi connectivity index (χ1) is 14.0. The van der Waals surface area contributed by atoms with Gasteiger partial charge in [-0.05, 0) is 55.5 Å². The Hall–Kier alpha value is -2.92. The Labute approximate surface area is 173 Å². The van der Waals surface area contributed by atoms with Crippen molar-refractivity contribution in [1.29, 1.82) is 5.26 Å². The molecule has 1 aromatic heterocycles. The van der Waals surface area contributed by atoms with Crippen LogP contribution in [0.4, 0.5) is 15.1 Å². The molecule has 1 aliphatic rings. The van der Waals surface area contributed by atoms with E-state index in [9.17, 15) is 19.2 Å². The number of primary amides is 1. The minimum absolute atomic E-state index is 0.0354. The van der Waals surface area contributed by atoms with E-state index in [-0.39, 0.29) is 31.2 Å². The van der Waals surface area contributed by atoms with Crippen LogP contribution in [-0.2, 0) is 22.4 Å². The predicted octanol–water partition coefficient (Wildman–Crippen LogP) is 3.35. The van der Waals surface area contributed by atoms with E-state index in [1.165, 1.54) is 28.3 Å². The van der Waals surface area contributed by atoms with Gasteiger partial charge in [-0.3, -0.25) is 9.59 Å². The number of fused-ring (bicyclic) bond motifs is 1. The highest BCUT2D eigenvalue weighted by Crippen LogP contribution is 2.37. The van der Waals surface area contributed by atoms with Gasteiger partial charge in [0, 0.05) is 23.5 Å². The molecule has 0 radical (unpaired) electrons. The number of halogens is 1. The van der Waals surface area contributed by atoms with E-state index < -0.39 is 5.91 Å². The van der Waals surface area contributed by atoms with Crippen LogP contribution in [0.1, 0.15) is 41.7 Å². The standard InChI is InChI=1S/C21H23FN4O2S/c22-14-6-8-15(9-7-14)26(11-10-19(24)27)13-20(28)25-21-17(12-23)16-4-2-1-3-5-18(16)29-21/h6-9H,1-5,10-11,13H2,(H2,24,27)(H,25,28). The van der Waals surface area contributed by atoms with Crippen LogP contribution in [-0.4, -0.2) is 24.9 Å². The SMILES string of the molecule is N#Cc1c(NC(=O)CN(CCC(N)=O)c2ccc(F)cc2)sc2c1CCCCC2. The van der Waals surface area contributed by atoms with Crippen molar-refractivity contribution in [2.45, 2.75) is 38.5 Å². The molecule has 0 saturated carbocycles. The van der Waals surface area contributed by atoms with Gasteiger partial charge in [-0.1, -0.05) is 6.42 Å². The van der Waals surface area contributed by atoms with Gasteiger partial charge < -0.3 is 16.0 Å². The maximum Gasteiger partial charge on any atom is 0.244 e. The minimum Gasteiger partial charge on any atom is -0.370 e. The zero-order valence-electron chi connectivity index (χ0n) is 16.0. The summed E-state index contributed by atoms with van der Waals surface area (Å²) in [5.74, 6) is -1.16. The molecule has 152 valence electrons. The van der Waals surface area contributed by atoms with Crippen molar-refractivity contribution < 1.29 is 14.0 Å². The second-order valence-electron chi connectivity index (χ2n) is 7.04. The normalized spacial score (nSPS) is 13.1. The van der Waals surface area contributed by atoms with Crippen molar-refractivity contribution in [1.82, 2.24) is 0 Å². The summed E-state index contributed by atoms with van der Waals surface area (Å²) in [5.41, 5.74) is 7.48. The van der Waals surface area contributed by atoms with Gasteiger partial charge in [-0.2, -0.15) is 5.26 Å². The van der Waals surface area contributed by atoms with Gasteiger partial charge in [0.15, 0.2) is 0 Å². The number of nitriles is 1. The van der Waals surface area contributed by atoms with E-state index >= 15 is 0 Å². The van der Waals surface area contributed by atoms with Crippen molar-refractivity contribution in [3.05, 3.63) is 46.1 Å². The van der Waals surface area contributed by atoms with Crippen LogP contribution >= 0.6 is 11.3 Å². The lowest BCUT2D eigenvalue weighted by Crippen LogP contribution is -2.35. The molecule has 0 spiro atoms. The maximum atomic E-state index is 13.2. The number of hydrogen-bond acceptors (Lipinski definition) is 5. The molecule has 3 rings (SSSR count). The number of nitrogens with one attached hydrogen (secondary N) is 1. The molecule has 1 aromatic carbocycles. The van der Waals surface area contributed by atoms with E-state index in [1.54, 1.807) is 17.0 Å². The number of nitrogens with zero attached hydrogens (tertiary/aromatic N) is 2. The average Bonchev–Trinajstić information content (AvgIpc) is 2.84. The monoisotopic (exact) mass is 414 g/mol. The lowest BCUT2D eigenvalue weighted by atomic mass is 10.1. The van der Waals surface area contributed by atoms with E-state index in [2.05, 4.69) is 11.4 Å². The molecule has 0 saturated heterocycles. The van der Waals surface area contributed by atoms with Gasteiger partial charge in [0.2, 0.25) is 11.8 Å². The van der Waals surface area contributed by atoms with Gasteiger partial charge in [-0.25, -0.2) is 4.39 Å². The number of hydrogen-bond donors (Lipinski definition) is 2. The molecule has 0 fully saturated rings. The second-order valence-corrected chi connectivity index (χ2v) is 8.15. The number of anilines is 2. The third-order valence-corrected chi connectivity index (χ3v) is 6.15. The molecule has 8 heteroatoms. The fraction of sp³-hybridized carbons (Fsp3) is 0.381. The van der Waals surface area contributed by atoms with Gasteiger partial charge in [-0.15, -0.1) is 11.3 Å². The zero-order valence-corrected chi connectivity index (χ0v) is 16.9. The summed E-state index contributed by atoms with van der Waals surface area (Å²) in [4.78, 5) is 26.8. The van der Waals surface area contributed by atoms with Crippen LogP contribution in [0, 0.1) is 17.1 Å². The summed E-state index contributed by atoms with van der Waals surface area (Å²) in [6.07, 6.45) is 5.17. The first kappa shape index (κ1) is 20.8. The Bertz CT molecular complexity index is 933. The Kier molecular flexibility index (Phi) is 6.83. The molecule has 0 aliphatic heterocycles. The molecule has 3 N–H and O–H groups in total. The van der Waals surface area contributed by atoms with Gasteiger partial charge in [0.1, 0.15) is 16.9 Å². The van der Waals surface area contributed by atoms with E-state index in [0.717, 1.165) is 37.7 Å². The lowest BCUT2D eigenvalue weighted by Gasteiger charge is -2.23. The quantitative estimate of drug-likeness (QED) is 0.679. The summed E-state index contributed by atoms with van der Waals surface area (Å²) in [5, 5.41) is 13.1. The molecule has 2 aromatic rings. The lowest BCUT2D eigenvalue weighted by molar-refractivity contribution is -0.118. The largest absolute Gasteiger partial charge is 0.370 e. The smallest absolute Gasteiger partial charge is 0.244 e. The predicted molar refractivity (Wildman–Crippen MR) is 111 cm³/mol. The Balaban J connectivity index is 1.75. The van der Waals surface area contributed by atoms with E-state index in [0.29, 0.717) is 16.3 Å². The molecule has 6 nitrogen and oxygen atoms in total. The van der Waals surface area contributed by atoms with Crippen molar-refractivity contribution in [3.63, 3.8) is 0 Å². The van der Waals surface area contributed by atoms with Crippen LogP contribution in [0.2, 0.25) is 0 Å². The summed E-state index contributed by atoms with van der Waals surface area (Å²) < 4.78 is 13.2. The van der Waals surface area contributed by atoms with Crippen LogP contribution in [0.25, 0.3) is 0 Å². The first-order valence-corrected chi connectivity index (χ1v) is 10.4. The summed E-state index contributed by atoms with van der Waals surface area (Å²) in [6.45, 7) is 0.201. The zero-order chi connectivity index (χ0) is 20.8. The molecule has 2 amide bonds. The van der Waals surface area contributed by atoms with Crippen molar-refractivity contribution >= 4 is 33.8 Å². The van der Waals surface area contributed by atoms with Gasteiger partial charge in [0.05, 0.1) is 12.1 Å². The number of benzene rings is 1. The number of amides is 2. The van der Waals surface area contributed by atoms with Gasteiger partial charge in [0.25, 0.3) is 0 Å². The van der Waals surface area contributed by atoms with Crippen LogP contribution in [0.5, 0.6) is 0 Å². The molecular formula is C21H23FN4O2S. The van der Waals surface area contributed by atoms with Crippen molar-refractivity contribution in [2.24, 2.45) is 5.73 Å². The van der Waals surface area contributed by atoms with E-state index in [1.807, 2.05) is 0 Å². The fourth-order valence-corrected chi connectivity index (χ4v) is 4.74. The Morgan fingerprint density at radius 2 is 1.93 bits per heavy atom. The third-order valence-electron chi connectivity index (χ3n) is 4.94. The number of nitrogens with two attached hydrogens (primary N) is 1. The van der Waals surface area contributed by atoms with E-state index in [4.69, 9.17) is 5.73 Å². The first-order valence-electron chi connectivity index (χ1n) is 9.61.